The molecule has 0 radical (unpaired) electrons. The van der Waals surface area contributed by atoms with E-state index < -0.39 is 0 Å². The Morgan fingerprint density at radius 3 is 2.86 bits per heavy atom. The van der Waals surface area contributed by atoms with Gasteiger partial charge in [0.2, 0.25) is 0 Å². The first-order chi connectivity index (χ1) is 6.75. The maximum absolute atomic E-state index is 6.02. The van der Waals surface area contributed by atoms with E-state index in [0.717, 1.165) is 18.0 Å². The standard InChI is InChI=1S/C11H15ClN2/c12-9-4-6-11(14-7-9)10(13)5-3-8-1-2-8/h4,6-8,10H,1-3,5,13H2. The summed E-state index contributed by atoms with van der Waals surface area (Å²) in [5.41, 5.74) is 6.97. The van der Waals surface area contributed by atoms with Crippen LogP contribution in [-0.2, 0) is 0 Å². The zero-order valence-electron chi connectivity index (χ0n) is 8.12. The molecule has 0 spiro atoms. The van der Waals surface area contributed by atoms with Crippen molar-refractivity contribution in [1.82, 2.24) is 4.98 Å². The molecule has 0 aliphatic heterocycles. The van der Waals surface area contributed by atoms with Crippen molar-refractivity contribution in [1.29, 1.82) is 0 Å². The smallest absolute Gasteiger partial charge is 0.0589 e. The van der Waals surface area contributed by atoms with Gasteiger partial charge in [0.1, 0.15) is 0 Å². The van der Waals surface area contributed by atoms with Crippen molar-refractivity contribution in [2.75, 3.05) is 0 Å². The first-order valence-corrected chi connectivity index (χ1v) is 5.50. The highest BCUT2D eigenvalue weighted by Gasteiger charge is 2.22. The Bertz CT molecular complexity index is 293. The third kappa shape index (κ3) is 2.69. The average Bonchev–Trinajstić information content (AvgIpc) is 2.99. The van der Waals surface area contributed by atoms with E-state index in [9.17, 15) is 0 Å². The van der Waals surface area contributed by atoms with Gasteiger partial charge in [0.05, 0.1) is 10.7 Å². The predicted molar refractivity (Wildman–Crippen MR) is 58.1 cm³/mol. The van der Waals surface area contributed by atoms with E-state index in [2.05, 4.69) is 4.98 Å². The molecule has 0 saturated heterocycles. The van der Waals surface area contributed by atoms with Gasteiger partial charge in [-0.2, -0.15) is 0 Å². The molecule has 1 unspecified atom stereocenters. The first-order valence-electron chi connectivity index (χ1n) is 5.13. The summed E-state index contributed by atoms with van der Waals surface area (Å²) in [5.74, 6) is 0.938. The van der Waals surface area contributed by atoms with Crippen LogP contribution in [0.3, 0.4) is 0 Å². The van der Waals surface area contributed by atoms with E-state index >= 15 is 0 Å². The minimum absolute atomic E-state index is 0.0767. The van der Waals surface area contributed by atoms with Crippen LogP contribution in [0.25, 0.3) is 0 Å². The average molecular weight is 211 g/mol. The van der Waals surface area contributed by atoms with E-state index in [-0.39, 0.29) is 6.04 Å². The molecular weight excluding hydrogens is 196 g/mol. The zero-order chi connectivity index (χ0) is 9.97. The summed E-state index contributed by atoms with van der Waals surface area (Å²) in [5, 5.41) is 0.670. The van der Waals surface area contributed by atoms with Crippen molar-refractivity contribution in [2.45, 2.75) is 31.7 Å². The molecule has 0 bridgehead atoms. The summed E-state index contributed by atoms with van der Waals surface area (Å²) in [6.07, 6.45) is 6.72. The lowest BCUT2D eigenvalue weighted by Gasteiger charge is -2.10. The van der Waals surface area contributed by atoms with Crippen molar-refractivity contribution in [3.8, 4) is 0 Å². The highest BCUT2D eigenvalue weighted by molar-refractivity contribution is 6.30. The Morgan fingerprint density at radius 1 is 1.50 bits per heavy atom. The van der Waals surface area contributed by atoms with Gasteiger partial charge in [-0.1, -0.05) is 24.4 Å². The summed E-state index contributed by atoms with van der Waals surface area (Å²) in [4.78, 5) is 4.22. The fraction of sp³-hybridized carbons (Fsp3) is 0.545. The third-order valence-electron chi connectivity index (χ3n) is 2.71. The van der Waals surface area contributed by atoms with Gasteiger partial charge in [0, 0.05) is 12.2 Å². The number of hydrogen-bond donors (Lipinski definition) is 1. The van der Waals surface area contributed by atoms with Gasteiger partial charge in [-0.15, -0.1) is 0 Å². The Labute approximate surface area is 89.5 Å². The van der Waals surface area contributed by atoms with E-state index in [4.69, 9.17) is 17.3 Å². The molecule has 1 heterocycles. The third-order valence-corrected chi connectivity index (χ3v) is 2.94. The molecule has 3 heteroatoms. The molecular formula is C11H15ClN2. The van der Waals surface area contributed by atoms with Crippen LogP contribution in [0.5, 0.6) is 0 Å². The van der Waals surface area contributed by atoms with Gasteiger partial charge < -0.3 is 5.73 Å². The fourth-order valence-corrected chi connectivity index (χ4v) is 1.69. The van der Waals surface area contributed by atoms with Crippen LogP contribution < -0.4 is 5.73 Å². The number of nitrogens with two attached hydrogens (primary N) is 1. The molecule has 1 fully saturated rings. The van der Waals surface area contributed by atoms with Crippen molar-refractivity contribution in [2.24, 2.45) is 11.7 Å². The monoisotopic (exact) mass is 210 g/mol. The molecule has 1 aromatic rings. The van der Waals surface area contributed by atoms with Crippen molar-refractivity contribution in [3.63, 3.8) is 0 Å². The molecule has 1 saturated carbocycles. The lowest BCUT2D eigenvalue weighted by molar-refractivity contribution is 0.565. The number of nitrogens with zero attached hydrogens (tertiary/aromatic N) is 1. The summed E-state index contributed by atoms with van der Waals surface area (Å²) >= 11 is 5.75. The Hall–Kier alpha value is -0.600. The van der Waals surface area contributed by atoms with Gasteiger partial charge in [0.25, 0.3) is 0 Å². The van der Waals surface area contributed by atoms with Crippen LogP contribution in [-0.4, -0.2) is 4.98 Å². The summed E-state index contributed by atoms with van der Waals surface area (Å²) in [7, 11) is 0. The highest BCUT2D eigenvalue weighted by atomic mass is 35.5. The molecule has 0 aromatic carbocycles. The van der Waals surface area contributed by atoms with E-state index in [1.54, 1.807) is 6.20 Å². The van der Waals surface area contributed by atoms with Crippen molar-refractivity contribution in [3.05, 3.63) is 29.0 Å². The largest absolute Gasteiger partial charge is 0.323 e. The quantitative estimate of drug-likeness (QED) is 0.830. The number of halogens is 1. The van der Waals surface area contributed by atoms with Crippen LogP contribution >= 0.6 is 11.6 Å². The Kier molecular flexibility index (Phi) is 3.04. The molecule has 76 valence electrons. The maximum atomic E-state index is 6.02. The molecule has 14 heavy (non-hydrogen) atoms. The normalized spacial score (nSPS) is 18.1. The van der Waals surface area contributed by atoms with Crippen LogP contribution in [0, 0.1) is 5.92 Å². The molecule has 1 aromatic heterocycles. The topological polar surface area (TPSA) is 38.9 Å². The van der Waals surface area contributed by atoms with Crippen LogP contribution in [0.15, 0.2) is 18.3 Å². The van der Waals surface area contributed by atoms with Crippen LogP contribution in [0.2, 0.25) is 5.02 Å². The molecule has 2 N–H and O–H groups in total. The van der Waals surface area contributed by atoms with Gasteiger partial charge in [-0.3, -0.25) is 4.98 Å². The molecule has 2 rings (SSSR count). The van der Waals surface area contributed by atoms with Crippen LogP contribution in [0.4, 0.5) is 0 Å². The number of pyridine rings is 1. The summed E-state index contributed by atoms with van der Waals surface area (Å²) < 4.78 is 0. The molecule has 0 amide bonds. The van der Waals surface area contributed by atoms with Crippen LogP contribution in [0.1, 0.15) is 37.4 Å². The number of rotatable bonds is 4. The Morgan fingerprint density at radius 2 is 2.29 bits per heavy atom. The highest BCUT2D eigenvalue weighted by Crippen LogP contribution is 2.35. The van der Waals surface area contributed by atoms with Gasteiger partial charge in [-0.05, 0) is 30.9 Å². The lowest BCUT2D eigenvalue weighted by Crippen LogP contribution is -2.11. The van der Waals surface area contributed by atoms with E-state index in [1.807, 2.05) is 12.1 Å². The van der Waals surface area contributed by atoms with E-state index in [0.29, 0.717) is 5.02 Å². The number of hydrogen-bond acceptors (Lipinski definition) is 2. The lowest BCUT2D eigenvalue weighted by atomic mass is 10.1. The minimum Gasteiger partial charge on any atom is -0.323 e. The molecule has 1 atom stereocenters. The van der Waals surface area contributed by atoms with Gasteiger partial charge >= 0.3 is 0 Å². The summed E-state index contributed by atoms with van der Waals surface area (Å²) in [6, 6.07) is 3.84. The van der Waals surface area contributed by atoms with Gasteiger partial charge in [0.15, 0.2) is 0 Å². The first kappa shape index (κ1) is 9.94. The Balaban J connectivity index is 1.88. The van der Waals surface area contributed by atoms with E-state index in [1.165, 1.54) is 19.3 Å². The minimum atomic E-state index is 0.0767. The fourth-order valence-electron chi connectivity index (χ4n) is 1.58. The molecule has 2 nitrogen and oxygen atoms in total. The van der Waals surface area contributed by atoms with Gasteiger partial charge in [-0.25, -0.2) is 0 Å². The predicted octanol–water partition coefficient (Wildman–Crippen LogP) is 2.93. The second kappa shape index (κ2) is 4.28. The molecule has 1 aliphatic carbocycles. The van der Waals surface area contributed by atoms with Crippen molar-refractivity contribution >= 4 is 11.6 Å². The second-order valence-electron chi connectivity index (χ2n) is 4.03. The summed E-state index contributed by atoms with van der Waals surface area (Å²) in [6.45, 7) is 0. The van der Waals surface area contributed by atoms with Crippen molar-refractivity contribution < 1.29 is 0 Å². The maximum Gasteiger partial charge on any atom is 0.0589 e. The second-order valence-corrected chi connectivity index (χ2v) is 4.46. The zero-order valence-corrected chi connectivity index (χ0v) is 8.87. The SMILES string of the molecule is NC(CCC1CC1)c1ccc(Cl)cn1. The molecule has 1 aliphatic rings. The number of aromatic nitrogens is 1.